The standard InChI is InChI=1S/C14H22N2O2S/c1-14(9-4-10-14)11-15-12-5-7-13(8-6-12)19(17,18)16(2)3/h5-8,15H,4,9-11H2,1-3H3. The van der Waals surface area contributed by atoms with Crippen LogP contribution in [0.15, 0.2) is 29.2 Å². The molecule has 1 aliphatic rings. The van der Waals surface area contributed by atoms with E-state index in [1.807, 2.05) is 12.1 Å². The van der Waals surface area contributed by atoms with Crippen molar-refractivity contribution >= 4 is 15.7 Å². The fraction of sp³-hybridized carbons (Fsp3) is 0.571. The average molecular weight is 282 g/mol. The van der Waals surface area contributed by atoms with Gasteiger partial charge in [-0.3, -0.25) is 0 Å². The molecule has 0 aliphatic heterocycles. The molecule has 106 valence electrons. The molecular formula is C14H22N2O2S. The maximum absolute atomic E-state index is 11.9. The minimum Gasteiger partial charge on any atom is -0.384 e. The second kappa shape index (κ2) is 5.13. The lowest BCUT2D eigenvalue weighted by Crippen LogP contribution is -2.33. The highest BCUT2D eigenvalue weighted by molar-refractivity contribution is 7.89. The van der Waals surface area contributed by atoms with E-state index in [1.165, 1.54) is 23.6 Å². The van der Waals surface area contributed by atoms with Crippen molar-refractivity contribution in [3.63, 3.8) is 0 Å². The number of benzene rings is 1. The van der Waals surface area contributed by atoms with Crippen LogP contribution < -0.4 is 5.32 Å². The lowest BCUT2D eigenvalue weighted by Gasteiger charge is -2.38. The molecule has 1 saturated carbocycles. The summed E-state index contributed by atoms with van der Waals surface area (Å²) in [6.45, 7) is 3.24. The molecule has 1 aromatic rings. The van der Waals surface area contributed by atoms with E-state index < -0.39 is 10.0 Å². The number of rotatable bonds is 5. The zero-order valence-corrected chi connectivity index (χ0v) is 12.6. The van der Waals surface area contributed by atoms with Crippen LogP contribution in [0.4, 0.5) is 5.69 Å². The van der Waals surface area contributed by atoms with Crippen molar-refractivity contribution in [2.45, 2.75) is 31.1 Å². The van der Waals surface area contributed by atoms with E-state index in [4.69, 9.17) is 0 Å². The summed E-state index contributed by atoms with van der Waals surface area (Å²) in [6, 6.07) is 6.97. The molecule has 0 saturated heterocycles. The number of hydrogen-bond acceptors (Lipinski definition) is 3. The highest BCUT2D eigenvalue weighted by Crippen LogP contribution is 2.40. The van der Waals surface area contributed by atoms with Gasteiger partial charge in [-0.15, -0.1) is 0 Å². The SMILES string of the molecule is CN(C)S(=O)(=O)c1ccc(NCC2(C)CCC2)cc1. The molecule has 0 aromatic heterocycles. The van der Waals surface area contributed by atoms with Crippen LogP contribution in [0.1, 0.15) is 26.2 Å². The van der Waals surface area contributed by atoms with E-state index in [-0.39, 0.29) is 0 Å². The van der Waals surface area contributed by atoms with Gasteiger partial charge in [0.25, 0.3) is 0 Å². The predicted molar refractivity (Wildman–Crippen MR) is 77.8 cm³/mol. The first-order valence-corrected chi connectivity index (χ1v) is 8.04. The summed E-state index contributed by atoms with van der Waals surface area (Å²) in [4.78, 5) is 0.331. The average Bonchev–Trinajstić information content (AvgIpc) is 2.34. The van der Waals surface area contributed by atoms with Crippen LogP contribution in [-0.2, 0) is 10.0 Å². The topological polar surface area (TPSA) is 49.4 Å². The third-order valence-corrected chi connectivity index (χ3v) is 5.74. The number of nitrogens with one attached hydrogen (secondary N) is 1. The van der Waals surface area contributed by atoms with Gasteiger partial charge in [-0.25, -0.2) is 12.7 Å². The molecule has 0 radical (unpaired) electrons. The van der Waals surface area contributed by atoms with Crippen molar-refractivity contribution in [3.05, 3.63) is 24.3 Å². The lowest BCUT2D eigenvalue weighted by atomic mass is 9.70. The van der Waals surface area contributed by atoms with Crippen molar-refractivity contribution in [3.8, 4) is 0 Å². The second-order valence-corrected chi connectivity index (χ2v) is 7.98. The van der Waals surface area contributed by atoms with Gasteiger partial charge in [0.2, 0.25) is 10.0 Å². The zero-order valence-electron chi connectivity index (χ0n) is 11.8. The maximum atomic E-state index is 11.9. The van der Waals surface area contributed by atoms with Crippen LogP contribution in [-0.4, -0.2) is 33.4 Å². The van der Waals surface area contributed by atoms with Gasteiger partial charge < -0.3 is 5.32 Å². The monoisotopic (exact) mass is 282 g/mol. The summed E-state index contributed by atoms with van der Waals surface area (Å²) in [5.41, 5.74) is 1.39. The summed E-state index contributed by atoms with van der Waals surface area (Å²) in [7, 11) is -0.244. The molecule has 1 fully saturated rings. The Morgan fingerprint density at radius 3 is 2.21 bits per heavy atom. The molecule has 0 bridgehead atoms. The Kier molecular flexibility index (Phi) is 3.87. The highest BCUT2D eigenvalue weighted by atomic mass is 32.2. The fourth-order valence-corrected chi connectivity index (χ4v) is 3.13. The molecular weight excluding hydrogens is 260 g/mol. The largest absolute Gasteiger partial charge is 0.384 e. The molecule has 2 rings (SSSR count). The van der Waals surface area contributed by atoms with E-state index in [0.29, 0.717) is 10.3 Å². The lowest BCUT2D eigenvalue weighted by molar-refractivity contribution is 0.180. The third kappa shape index (κ3) is 3.09. The Morgan fingerprint density at radius 2 is 1.79 bits per heavy atom. The van der Waals surface area contributed by atoms with Crippen molar-refractivity contribution in [2.75, 3.05) is 26.0 Å². The third-order valence-electron chi connectivity index (χ3n) is 3.91. The highest BCUT2D eigenvalue weighted by Gasteiger charge is 2.31. The van der Waals surface area contributed by atoms with Crippen molar-refractivity contribution in [1.29, 1.82) is 0 Å². The first kappa shape index (κ1) is 14.3. The molecule has 0 heterocycles. The van der Waals surface area contributed by atoms with E-state index in [0.717, 1.165) is 12.2 Å². The van der Waals surface area contributed by atoms with Gasteiger partial charge in [0.1, 0.15) is 0 Å². The smallest absolute Gasteiger partial charge is 0.242 e. The van der Waals surface area contributed by atoms with E-state index in [9.17, 15) is 8.42 Å². The summed E-state index contributed by atoms with van der Waals surface area (Å²) < 4.78 is 25.1. The first-order chi connectivity index (χ1) is 8.83. The van der Waals surface area contributed by atoms with E-state index in [1.54, 1.807) is 26.2 Å². The molecule has 5 heteroatoms. The number of hydrogen-bond donors (Lipinski definition) is 1. The molecule has 0 spiro atoms. The maximum Gasteiger partial charge on any atom is 0.242 e. The summed E-state index contributed by atoms with van der Waals surface area (Å²) in [6.07, 6.45) is 3.86. The summed E-state index contributed by atoms with van der Waals surface area (Å²) >= 11 is 0. The molecule has 0 unspecified atom stereocenters. The van der Waals surface area contributed by atoms with Gasteiger partial charge in [0.05, 0.1) is 4.90 Å². The predicted octanol–water partition coefficient (Wildman–Crippen LogP) is 2.54. The van der Waals surface area contributed by atoms with Crippen LogP contribution in [0.5, 0.6) is 0 Å². The number of anilines is 1. The normalized spacial score (nSPS) is 18.1. The van der Waals surface area contributed by atoms with Gasteiger partial charge in [-0.1, -0.05) is 13.3 Å². The van der Waals surface area contributed by atoms with Crippen LogP contribution in [0, 0.1) is 5.41 Å². The van der Waals surface area contributed by atoms with Crippen molar-refractivity contribution < 1.29 is 8.42 Å². The summed E-state index contributed by atoms with van der Waals surface area (Å²) in [5, 5.41) is 3.39. The van der Waals surface area contributed by atoms with E-state index >= 15 is 0 Å². The summed E-state index contributed by atoms with van der Waals surface area (Å²) in [5.74, 6) is 0. The Balaban J connectivity index is 2.02. The van der Waals surface area contributed by atoms with Crippen molar-refractivity contribution in [1.82, 2.24) is 4.31 Å². The van der Waals surface area contributed by atoms with Gasteiger partial charge in [0, 0.05) is 26.3 Å². The quantitative estimate of drug-likeness (QED) is 0.903. The molecule has 19 heavy (non-hydrogen) atoms. The van der Waals surface area contributed by atoms with Crippen LogP contribution >= 0.6 is 0 Å². The van der Waals surface area contributed by atoms with Crippen LogP contribution in [0.3, 0.4) is 0 Å². The number of nitrogens with zero attached hydrogens (tertiary/aromatic N) is 1. The second-order valence-electron chi connectivity index (χ2n) is 5.83. The fourth-order valence-electron chi connectivity index (χ4n) is 2.23. The molecule has 0 atom stereocenters. The minimum atomic E-state index is -3.32. The van der Waals surface area contributed by atoms with Crippen molar-refractivity contribution in [2.24, 2.45) is 5.41 Å². The molecule has 4 nitrogen and oxygen atoms in total. The van der Waals surface area contributed by atoms with Gasteiger partial charge in [-0.05, 0) is 42.5 Å². The molecule has 0 amide bonds. The minimum absolute atomic E-state index is 0.331. The van der Waals surface area contributed by atoms with Gasteiger partial charge >= 0.3 is 0 Å². The molecule has 1 aromatic carbocycles. The number of sulfonamides is 1. The zero-order chi connectivity index (χ0) is 14.1. The Bertz CT molecular complexity index is 531. The Morgan fingerprint density at radius 1 is 1.21 bits per heavy atom. The van der Waals surface area contributed by atoms with Gasteiger partial charge in [0.15, 0.2) is 0 Å². The molecule has 1 N–H and O–H groups in total. The van der Waals surface area contributed by atoms with E-state index in [2.05, 4.69) is 12.2 Å². The molecule has 1 aliphatic carbocycles. The van der Waals surface area contributed by atoms with Gasteiger partial charge in [-0.2, -0.15) is 0 Å². The van der Waals surface area contributed by atoms with Crippen LogP contribution in [0.2, 0.25) is 0 Å². The Hall–Kier alpha value is -1.07. The Labute approximate surface area is 115 Å². The van der Waals surface area contributed by atoms with Crippen LogP contribution in [0.25, 0.3) is 0 Å². The first-order valence-electron chi connectivity index (χ1n) is 6.60.